The predicted octanol–water partition coefficient (Wildman–Crippen LogP) is 3.69. The number of para-hydroxylation sites is 1. The molecule has 1 aromatic heterocycles. The van der Waals surface area contributed by atoms with Gasteiger partial charge >= 0.3 is 0 Å². The van der Waals surface area contributed by atoms with Crippen molar-refractivity contribution in [3.05, 3.63) is 36.1 Å². The molecule has 2 aromatic rings. The van der Waals surface area contributed by atoms with Crippen LogP contribution in [0.3, 0.4) is 0 Å². The number of furan rings is 1. The molecule has 1 atom stereocenters. The first-order valence-electron chi connectivity index (χ1n) is 6.82. The molecule has 2 rings (SSSR count). The minimum atomic E-state index is 0.119. The quantitative estimate of drug-likeness (QED) is 0.729. The van der Waals surface area contributed by atoms with Gasteiger partial charge in [-0.3, -0.25) is 9.69 Å². The molecule has 0 N–H and O–H groups in total. The average molecular weight is 291 g/mol. The van der Waals surface area contributed by atoms with Gasteiger partial charge in [0.25, 0.3) is 0 Å². The molecular weight excluding hydrogens is 270 g/mol. The lowest BCUT2D eigenvalue weighted by Crippen LogP contribution is -2.34. The summed E-state index contributed by atoms with van der Waals surface area (Å²) in [5.74, 6) is 1.24. The molecule has 0 spiro atoms. The van der Waals surface area contributed by atoms with Crippen molar-refractivity contribution in [2.45, 2.75) is 19.4 Å². The van der Waals surface area contributed by atoms with Crippen molar-refractivity contribution < 1.29 is 9.21 Å². The van der Waals surface area contributed by atoms with E-state index in [1.165, 1.54) is 0 Å². The smallest absolute Gasteiger partial charge is 0.180 e. The molecule has 0 aliphatic carbocycles. The highest BCUT2D eigenvalue weighted by Gasteiger charge is 2.17. The summed E-state index contributed by atoms with van der Waals surface area (Å²) in [4.78, 5) is 14.5. The molecule has 1 unspecified atom stereocenters. The van der Waals surface area contributed by atoms with Crippen molar-refractivity contribution in [3.8, 4) is 0 Å². The van der Waals surface area contributed by atoms with Gasteiger partial charge in [0.15, 0.2) is 5.78 Å². The average Bonchev–Trinajstić information content (AvgIpc) is 2.88. The second-order valence-corrected chi connectivity index (χ2v) is 6.10. The standard InChI is InChI=1S/C16H21NO2S/c1-12(8-9-20-3)17(2)10-15(18)14-11-19-16-7-5-4-6-13(14)16/h4-7,11-12H,8-10H2,1-3H3. The van der Waals surface area contributed by atoms with E-state index in [0.717, 1.165) is 23.1 Å². The van der Waals surface area contributed by atoms with Crippen LogP contribution >= 0.6 is 11.8 Å². The Kier molecular flexibility index (Phi) is 5.26. The van der Waals surface area contributed by atoms with Gasteiger partial charge in [0.2, 0.25) is 0 Å². The van der Waals surface area contributed by atoms with Gasteiger partial charge in [-0.15, -0.1) is 0 Å². The van der Waals surface area contributed by atoms with Crippen LogP contribution in [0.15, 0.2) is 34.9 Å². The van der Waals surface area contributed by atoms with Crippen molar-refractivity contribution >= 4 is 28.5 Å². The Bertz CT molecular complexity index is 579. The van der Waals surface area contributed by atoms with Gasteiger partial charge in [0, 0.05) is 11.4 Å². The second kappa shape index (κ2) is 6.95. The first-order valence-corrected chi connectivity index (χ1v) is 8.21. The third-order valence-electron chi connectivity index (χ3n) is 3.67. The Morgan fingerprint density at radius 3 is 2.90 bits per heavy atom. The van der Waals surface area contributed by atoms with Crippen LogP contribution in [0.2, 0.25) is 0 Å². The maximum absolute atomic E-state index is 12.4. The third-order valence-corrected chi connectivity index (χ3v) is 4.31. The zero-order valence-electron chi connectivity index (χ0n) is 12.3. The molecule has 0 saturated carbocycles. The molecular formula is C16H21NO2S. The lowest BCUT2D eigenvalue weighted by Gasteiger charge is -2.23. The van der Waals surface area contributed by atoms with E-state index in [4.69, 9.17) is 4.42 Å². The molecule has 3 nitrogen and oxygen atoms in total. The number of carbonyl (C=O) groups is 1. The van der Waals surface area contributed by atoms with E-state index < -0.39 is 0 Å². The number of hydrogen-bond acceptors (Lipinski definition) is 4. The molecule has 20 heavy (non-hydrogen) atoms. The fourth-order valence-electron chi connectivity index (χ4n) is 2.17. The number of rotatable bonds is 7. The highest BCUT2D eigenvalue weighted by atomic mass is 32.2. The highest BCUT2D eigenvalue weighted by Crippen LogP contribution is 2.21. The Morgan fingerprint density at radius 2 is 2.15 bits per heavy atom. The van der Waals surface area contributed by atoms with E-state index in [1.807, 2.05) is 43.1 Å². The molecule has 1 aromatic carbocycles. The number of hydrogen-bond donors (Lipinski definition) is 0. The summed E-state index contributed by atoms with van der Waals surface area (Å²) >= 11 is 1.84. The second-order valence-electron chi connectivity index (χ2n) is 5.11. The molecule has 0 saturated heterocycles. The molecule has 108 valence electrons. The maximum atomic E-state index is 12.4. The van der Waals surface area contributed by atoms with Crippen molar-refractivity contribution in [1.29, 1.82) is 0 Å². The number of Topliss-reactive ketones (excluding diaryl/α,β-unsaturated/α-hetero) is 1. The summed E-state index contributed by atoms with van der Waals surface area (Å²) in [5.41, 5.74) is 1.46. The van der Waals surface area contributed by atoms with Crippen molar-refractivity contribution in [2.24, 2.45) is 0 Å². The van der Waals surface area contributed by atoms with Crippen LogP contribution in [0.5, 0.6) is 0 Å². The van der Waals surface area contributed by atoms with Crippen LogP contribution in [0, 0.1) is 0 Å². The number of likely N-dealkylation sites (N-methyl/N-ethyl adjacent to an activating group) is 1. The minimum Gasteiger partial charge on any atom is -0.464 e. The topological polar surface area (TPSA) is 33.5 Å². The van der Waals surface area contributed by atoms with Gasteiger partial charge in [-0.2, -0.15) is 11.8 Å². The fraction of sp³-hybridized carbons (Fsp3) is 0.438. The van der Waals surface area contributed by atoms with Crippen LogP contribution < -0.4 is 0 Å². The number of ketones is 1. The van der Waals surface area contributed by atoms with Gasteiger partial charge in [0.1, 0.15) is 11.8 Å². The Labute approximate surface area is 124 Å². The zero-order valence-corrected chi connectivity index (χ0v) is 13.1. The van der Waals surface area contributed by atoms with Crippen LogP contribution in [-0.4, -0.2) is 42.3 Å². The number of fused-ring (bicyclic) bond motifs is 1. The SMILES string of the molecule is CSCCC(C)N(C)CC(=O)c1coc2ccccc12. The predicted molar refractivity (Wildman–Crippen MR) is 85.6 cm³/mol. The van der Waals surface area contributed by atoms with Gasteiger partial charge in [-0.25, -0.2) is 0 Å². The van der Waals surface area contributed by atoms with Gasteiger partial charge in [0.05, 0.1) is 12.1 Å². The van der Waals surface area contributed by atoms with Crippen LogP contribution in [0.4, 0.5) is 0 Å². The summed E-state index contributed by atoms with van der Waals surface area (Å²) in [7, 11) is 2.01. The zero-order chi connectivity index (χ0) is 14.5. The molecule has 0 amide bonds. The third kappa shape index (κ3) is 3.44. The largest absolute Gasteiger partial charge is 0.464 e. The number of carbonyl (C=O) groups excluding carboxylic acids is 1. The van der Waals surface area contributed by atoms with E-state index in [9.17, 15) is 4.79 Å². The molecule has 0 bridgehead atoms. The van der Waals surface area contributed by atoms with Crippen LogP contribution in [-0.2, 0) is 0 Å². The Hall–Kier alpha value is -1.26. The molecule has 1 heterocycles. The van der Waals surface area contributed by atoms with Gasteiger partial charge in [-0.1, -0.05) is 18.2 Å². The molecule has 0 aliphatic heterocycles. The Morgan fingerprint density at radius 1 is 1.40 bits per heavy atom. The van der Waals surface area contributed by atoms with Crippen molar-refractivity contribution in [1.82, 2.24) is 4.90 Å². The lowest BCUT2D eigenvalue weighted by molar-refractivity contribution is 0.0924. The van der Waals surface area contributed by atoms with E-state index in [0.29, 0.717) is 18.2 Å². The van der Waals surface area contributed by atoms with E-state index in [1.54, 1.807) is 6.26 Å². The molecule has 4 heteroatoms. The van der Waals surface area contributed by atoms with E-state index >= 15 is 0 Å². The first-order chi connectivity index (χ1) is 9.63. The molecule has 0 aliphatic rings. The van der Waals surface area contributed by atoms with Crippen LogP contribution in [0.25, 0.3) is 11.0 Å². The number of benzene rings is 1. The maximum Gasteiger partial charge on any atom is 0.180 e. The summed E-state index contributed by atoms with van der Waals surface area (Å²) in [6.45, 7) is 2.59. The summed E-state index contributed by atoms with van der Waals surface area (Å²) < 4.78 is 5.43. The molecule has 0 fully saturated rings. The van der Waals surface area contributed by atoms with Crippen molar-refractivity contribution in [2.75, 3.05) is 25.6 Å². The normalized spacial score (nSPS) is 13.0. The van der Waals surface area contributed by atoms with Crippen LogP contribution in [0.1, 0.15) is 23.7 Å². The number of nitrogens with zero attached hydrogens (tertiary/aromatic N) is 1. The van der Waals surface area contributed by atoms with E-state index in [-0.39, 0.29) is 5.78 Å². The fourth-order valence-corrected chi connectivity index (χ4v) is 2.75. The highest BCUT2D eigenvalue weighted by molar-refractivity contribution is 7.98. The summed E-state index contributed by atoms with van der Waals surface area (Å²) in [6, 6.07) is 8.07. The van der Waals surface area contributed by atoms with E-state index in [2.05, 4.69) is 18.1 Å². The monoisotopic (exact) mass is 291 g/mol. The van der Waals surface area contributed by atoms with Gasteiger partial charge < -0.3 is 4.42 Å². The summed E-state index contributed by atoms with van der Waals surface area (Å²) in [5, 5.41) is 0.905. The first kappa shape index (κ1) is 15.1. The van der Waals surface area contributed by atoms with Crippen molar-refractivity contribution in [3.63, 3.8) is 0 Å². The lowest BCUT2D eigenvalue weighted by atomic mass is 10.1. The molecule has 0 radical (unpaired) electrons. The van der Waals surface area contributed by atoms with Gasteiger partial charge in [-0.05, 0) is 38.5 Å². The Balaban J connectivity index is 2.04. The summed E-state index contributed by atoms with van der Waals surface area (Å²) in [6.07, 6.45) is 4.78. The minimum absolute atomic E-state index is 0.119. The number of thioether (sulfide) groups is 1.